The minimum Gasteiger partial charge on any atom is -0.481 e. The van der Waals surface area contributed by atoms with Crippen molar-refractivity contribution in [2.75, 3.05) is 0 Å². The Morgan fingerprint density at radius 3 is 1.97 bits per heavy atom. The van der Waals surface area contributed by atoms with Gasteiger partial charge in [0.2, 0.25) is 11.8 Å². The van der Waals surface area contributed by atoms with E-state index < -0.39 is 41.5 Å². The molecule has 0 aliphatic rings. The first-order valence-electron chi connectivity index (χ1n) is 11.5. The molecule has 0 bridgehead atoms. The number of aryl methyl sites for hydroxylation is 1. The van der Waals surface area contributed by atoms with Crippen LogP contribution in [0.1, 0.15) is 44.1 Å². The minimum atomic E-state index is -1.14. The molecule has 2 rings (SSSR count). The maximum Gasteiger partial charge on any atom is 0.303 e. The standard InChI is InChI=1S/C26H30N2O8/c27-26(35)18(9-14-24(31)32)16-22(29)21(12-15-25(33)34)28-23(30)13-8-17-6-10-20(11-7-17)36-19-4-2-1-3-5-19/h1-7,10-11,18,21H,8-9,12-16H2,(H2,27,35)(H,28,30)(H,31,32)(H,33,34)/t18-,21+/m1/s1. The van der Waals surface area contributed by atoms with E-state index >= 15 is 0 Å². The normalized spacial score (nSPS) is 12.2. The van der Waals surface area contributed by atoms with Crippen molar-refractivity contribution in [2.24, 2.45) is 11.7 Å². The molecule has 0 saturated carbocycles. The van der Waals surface area contributed by atoms with Crippen LogP contribution in [0.15, 0.2) is 54.6 Å². The molecule has 10 nitrogen and oxygen atoms in total. The second-order valence-electron chi connectivity index (χ2n) is 8.31. The van der Waals surface area contributed by atoms with E-state index in [1.165, 1.54) is 0 Å². The molecule has 0 aromatic heterocycles. The van der Waals surface area contributed by atoms with Crippen LogP contribution in [-0.4, -0.2) is 45.8 Å². The number of benzene rings is 2. The summed E-state index contributed by atoms with van der Waals surface area (Å²) in [7, 11) is 0. The number of para-hydroxylation sites is 1. The summed E-state index contributed by atoms with van der Waals surface area (Å²) in [6, 6.07) is 15.3. The van der Waals surface area contributed by atoms with Gasteiger partial charge < -0.3 is 26.0 Å². The van der Waals surface area contributed by atoms with Gasteiger partial charge >= 0.3 is 11.9 Å². The van der Waals surface area contributed by atoms with Gasteiger partial charge in [0.1, 0.15) is 11.5 Å². The first kappa shape index (κ1) is 28.0. The molecule has 0 spiro atoms. The maximum absolute atomic E-state index is 12.7. The number of primary amides is 1. The molecule has 2 aromatic rings. The number of carbonyl (C=O) groups excluding carboxylic acids is 3. The molecular formula is C26H30N2O8. The fraction of sp³-hybridized carbons (Fsp3) is 0.346. The molecule has 0 aliphatic heterocycles. The zero-order valence-electron chi connectivity index (χ0n) is 19.7. The van der Waals surface area contributed by atoms with Gasteiger partial charge in [-0.3, -0.25) is 24.0 Å². The monoisotopic (exact) mass is 498 g/mol. The Balaban J connectivity index is 1.93. The summed E-state index contributed by atoms with van der Waals surface area (Å²) < 4.78 is 5.73. The quantitative estimate of drug-likeness (QED) is 0.273. The second kappa shape index (κ2) is 14.2. The van der Waals surface area contributed by atoms with Gasteiger partial charge in [-0.05, 0) is 49.1 Å². The topological polar surface area (TPSA) is 173 Å². The average Bonchev–Trinajstić information content (AvgIpc) is 2.84. The zero-order valence-corrected chi connectivity index (χ0v) is 19.7. The molecule has 2 atom stereocenters. The number of carboxylic acids is 2. The lowest BCUT2D eigenvalue weighted by molar-refractivity contribution is -0.139. The molecule has 0 aliphatic carbocycles. The van der Waals surface area contributed by atoms with Crippen molar-refractivity contribution >= 4 is 29.5 Å². The van der Waals surface area contributed by atoms with E-state index in [1.54, 1.807) is 12.1 Å². The SMILES string of the molecule is NC(=O)[C@H](CCC(=O)O)CC(=O)[C@H](CCC(=O)O)NC(=O)CCc1ccc(Oc2ccccc2)cc1. The number of ether oxygens (including phenoxy) is 1. The number of Topliss-reactive ketones (excluding diaryl/α,β-unsaturated/α-hetero) is 1. The molecule has 0 fully saturated rings. The van der Waals surface area contributed by atoms with Crippen LogP contribution in [0.25, 0.3) is 0 Å². The van der Waals surface area contributed by atoms with E-state index in [1.807, 2.05) is 42.5 Å². The molecule has 5 N–H and O–H groups in total. The fourth-order valence-electron chi connectivity index (χ4n) is 3.48. The number of carboxylic acid groups (broad SMARTS) is 2. The highest BCUT2D eigenvalue weighted by atomic mass is 16.5. The Morgan fingerprint density at radius 2 is 1.39 bits per heavy atom. The fourth-order valence-corrected chi connectivity index (χ4v) is 3.48. The first-order chi connectivity index (χ1) is 17.1. The summed E-state index contributed by atoms with van der Waals surface area (Å²) in [4.78, 5) is 58.7. The third-order valence-electron chi connectivity index (χ3n) is 5.47. The summed E-state index contributed by atoms with van der Waals surface area (Å²) in [5.74, 6) is -3.81. The molecule has 0 saturated heterocycles. The Morgan fingerprint density at radius 1 is 0.806 bits per heavy atom. The van der Waals surface area contributed by atoms with Gasteiger partial charge in [-0.2, -0.15) is 0 Å². The lowest BCUT2D eigenvalue weighted by Crippen LogP contribution is -2.43. The number of hydrogen-bond acceptors (Lipinski definition) is 6. The molecule has 0 heterocycles. The summed E-state index contributed by atoms with van der Waals surface area (Å²) in [5, 5.41) is 20.4. The number of amides is 2. The van der Waals surface area contributed by atoms with Crippen molar-refractivity contribution in [3.63, 3.8) is 0 Å². The number of ketones is 1. The number of nitrogens with two attached hydrogens (primary N) is 1. The van der Waals surface area contributed by atoms with Gasteiger partial charge in [-0.1, -0.05) is 30.3 Å². The van der Waals surface area contributed by atoms with Crippen LogP contribution in [0.2, 0.25) is 0 Å². The van der Waals surface area contributed by atoms with Gasteiger partial charge in [0.25, 0.3) is 0 Å². The maximum atomic E-state index is 12.7. The predicted octanol–water partition coefficient (Wildman–Crippen LogP) is 2.69. The van der Waals surface area contributed by atoms with Gasteiger partial charge in [-0.15, -0.1) is 0 Å². The van der Waals surface area contributed by atoms with Gasteiger partial charge in [0.05, 0.1) is 6.04 Å². The summed E-state index contributed by atoms with van der Waals surface area (Å²) in [6.07, 6.45) is -0.947. The van der Waals surface area contributed by atoms with Crippen molar-refractivity contribution in [1.29, 1.82) is 0 Å². The summed E-state index contributed by atoms with van der Waals surface area (Å²) in [6.45, 7) is 0. The second-order valence-corrected chi connectivity index (χ2v) is 8.31. The van der Waals surface area contributed by atoms with Crippen molar-refractivity contribution in [2.45, 2.75) is 51.0 Å². The lowest BCUT2D eigenvalue weighted by Gasteiger charge is -2.19. The number of hydrogen-bond donors (Lipinski definition) is 4. The van der Waals surface area contributed by atoms with Crippen molar-refractivity contribution in [1.82, 2.24) is 5.32 Å². The van der Waals surface area contributed by atoms with E-state index in [2.05, 4.69) is 5.32 Å². The smallest absolute Gasteiger partial charge is 0.303 e. The third-order valence-corrected chi connectivity index (χ3v) is 5.47. The van der Waals surface area contributed by atoms with E-state index in [9.17, 15) is 24.0 Å². The molecule has 10 heteroatoms. The molecule has 0 radical (unpaired) electrons. The van der Waals surface area contributed by atoms with Crippen LogP contribution in [0.4, 0.5) is 0 Å². The molecule has 36 heavy (non-hydrogen) atoms. The minimum absolute atomic E-state index is 0.0496. The van der Waals surface area contributed by atoms with Crippen molar-refractivity contribution in [3.05, 3.63) is 60.2 Å². The first-order valence-corrected chi connectivity index (χ1v) is 11.5. The number of nitrogens with one attached hydrogen (secondary N) is 1. The Labute approximate surface area is 208 Å². The predicted molar refractivity (Wildman–Crippen MR) is 129 cm³/mol. The van der Waals surface area contributed by atoms with Crippen LogP contribution in [0.5, 0.6) is 11.5 Å². The highest BCUT2D eigenvalue weighted by Crippen LogP contribution is 2.21. The average molecular weight is 499 g/mol. The number of rotatable bonds is 16. The van der Waals surface area contributed by atoms with E-state index in [0.717, 1.165) is 5.56 Å². The highest BCUT2D eigenvalue weighted by molar-refractivity contribution is 5.92. The Kier molecular flexibility index (Phi) is 11.1. The zero-order chi connectivity index (χ0) is 26.5. The largest absolute Gasteiger partial charge is 0.481 e. The summed E-state index contributed by atoms with van der Waals surface area (Å²) in [5.41, 5.74) is 6.15. The van der Waals surface area contributed by atoms with E-state index in [-0.39, 0.29) is 38.5 Å². The van der Waals surface area contributed by atoms with Crippen LogP contribution < -0.4 is 15.8 Å². The number of aliphatic carboxylic acids is 2. The molecule has 2 aromatic carbocycles. The van der Waals surface area contributed by atoms with E-state index in [4.69, 9.17) is 20.7 Å². The molecule has 0 unspecified atom stereocenters. The highest BCUT2D eigenvalue weighted by Gasteiger charge is 2.27. The molecule has 192 valence electrons. The van der Waals surface area contributed by atoms with Gasteiger partial charge in [0.15, 0.2) is 5.78 Å². The Hall–Kier alpha value is -4.21. The lowest BCUT2D eigenvalue weighted by atomic mass is 9.92. The van der Waals surface area contributed by atoms with Crippen molar-refractivity contribution < 1.29 is 38.9 Å². The number of carbonyl (C=O) groups is 5. The van der Waals surface area contributed by atoms with Crippen LogP contribution >= 0.6 is 0 Å². The van der Waals surface area contributed by atoms with Crippen molar-refractivity contribution in [3.8, 4) is 11.5 Å². The van der Waals surface area contributed by atoms with Crippen LogP contribution in [-0.2, 0) is 30.4 Å². The summed E-state index contributed by atoms with van der Waals surface area (Å²) >= 11 is 0. The van der Waals surface area contributed by atoms with Gasteiger partial charge in [0, 0.05) is 31.6 Å². The molecular weight excluding hydrogens is 468 g/mol. The van der Waals surface area contributed by atoms with E-state index in [0.29, 0.717) is 17.9 Å². The Bertz CT molecular complexity index is 1050. The van der Waals surface area contributed by atoms with Crippen LogP contribution in [0.3, 0.4) is 0 Å². The third kappa shape index (κ3) is 10.4. The van der Waals surface area contributed by atoms with Gasteiger partial charge in [-0.25, -0.2) is 0 Å². The molecule has 2 amide bonds. The van der Waals surface area contributed by atoms with Crippen LogP contribution in [0, 0.1) is 5.92 Å².